The highest BCUT2D eigenvalue weighted by Gasteiger charge is 2.35. The summed E-state index contributed by atoms with van der Waals surface area (Å²) in [6.07, 6.45) is 0. The third kappa shape index (κ3) is 3.24. The fourth-order valence-electron chi connectivity index (χ4n) is 2.15. The summed E-state index contributed by atoms with van der Waals surface area (Å²) >= 11 is 2.76. The van der Waals surface area contributed by atoms with Gasteiger partial charge < -0.3 is 20.1 Å². The van der Waals surface area contributed by atoms with Crippen molar-refractivity contribution in [1.82, 2.24) is 4.90 Å². The van der Waals surface area contributed by atoms with E-state index in [2.05, 4.69) is 26.0 Å². The Hall–Kier alpha value is -2.07. The molecular formula is C14H12BrF3N2O4. The molecule has 0 aromatic heterocycles. The summed E-state index contributed by atoms with van der Waals surface area (Å²) in [5.74, 6) is -6.09. The quantitative estimate of drug-likeness (QED) is 0.439. The first kappa shape index (κ1) is 18.3. The molecule has 0 saturated heterocycles. The van der Waals surface area contributed by atoms with E-state index in [0.717, 1.165) is 12.0 Å². The first-order valence-corrected chi connectivity index (χ1v) is 7.42. The molecule has 0 radical (unpaired) electrons. The van der Waals surface area contributed by atoms with E-state index < -0.39 is 33.8 Å². The van der Waals surface area contributed by atoms with Crippen molar-refractivity contribution < 1.29 is 32.6 Å². The minimum atomic E-state index is -1.67. The lowest BCUT2D eigenvalue weighted by Gasteiger charge is -2.15. The Labute approximate surface area is 143 Å². The smallest absolute Gasteiger partial charge is 0.337 e. The molecule has 1 aliphatic rings. The van der Waals surface area contributed by atoms with E-state index in [4.69, 9.17) is 5.11 Å². The molecule has 1 aliphatic heterocycles. The number of β-amino-alcohol motifs (C(OH)–C–C–N with tert-alkyl or cyclic N) is 1. The molecule has 1 aromatic carbocycles. The third-order valence-corrected chi connectivity index (χ3v) is 4.09. The lowest BCUT2D eigenvalue weighted by Crippen LogP contribution is -2.31. The summed E-state index contributed by atoms with van der Waals surface area (Å²) < 4.78 is 44.3. The van der Waals surface area contributed by atoms with Crippen LogP contribution in [0, 0.1) is 17.5 Å². The number of amides is 1. The number of nitrogens with zero attached hydrogens (tertiary/aromatic N) is 1. The van der Waals surface area contributed by atoms with Gasteiger partial charge in [0.1, 0.15) is 5.70 Å². The number of anilines is 1. The maximum atomic E-state index is 13.6. The van der Waals surface area contributed by atoms with Crippen LogP contribution in [0.4, 0.5) is 18.9 Å². The normalized spacial score (nSPS) is 14.4. The van der Waals surface area contributed by atoms with Crippen LogP contribution in [0.25, 0.3) is 0 Å². The summed E-state index contributed by atoms with van der Waals surface area (Å²) in [4.78, 5) is 25.2. The van der Waals surface area contributed by atoms with Gasteiger partial charge in [0.05, 0.1) is 36.0 Å². The second-order valence-electron chi connectivity index (χ2n) is 4.77. The van der Waals surface area contributed by atoms with Gasteiger partial charge in [-0.05, 0) is 15.9 Å². The first-order valence-electron chi connectivity index (χ1n) is 6.63. The third-order valence-electron chi connectivity index (χ3n) is 3.32. The summed E-state index contributed by atoms with van der Waals surface area (Å²) in [6, 6.07) is 0.645. The molecule has 0 atom stereocenters. The van der Waals surface area contributed by atoms with Gasteiger partial charge in [0.2, 0.25) is 0 Å². The molecule has 2 N–H and O–H groups in total. The number of rotatable bonds is 5. The van der Waals surface area contributed by atoms with Crippen LogP contribution < -0.4 is 5.32 Å². The average molecular weight is 409 g/mol. The van der Waals surface area contributed by atoms with Crippen LogP contribution in [0.2, 0.25) is 0 Å². The number of esters is 1. The Balaban J connectivity index is 2.45. The number of aliphatic hydroxyl groups excluding tert-OH is 1. The van der Waals surface area contributed by atoms with Crippen molar-refractivity contribution in [2.24, 2.45) is 0 Å². The lowest BCUT2D eigenvalue weighted by atomic mass is 10.2. The molecule has 130 valence electrons. The number of halogens is 4. The minimum absolute atomic E-state index is 0.0438. The maximum Gasteiger partial charge on any atom is 0.337 e. The van der Waals surface area contributed by atoms with Crippen LogP contribution in [0.5, 0.6) is 0 Å². The number of hydrogen-bond donors (Lipinski definition) is 2. The van der Waals surface area contributed by atoms with E-state index in [1.165, 1.54) is 0 Å². The van der Waals surface area contributed by atoms with Crippen molar-refractivity contribution in [2.45, 2.75) is 0 Å². The monoisotopic (exact) mass is 408 g/mol. The molecule has 0 saturated carbocycles. The highest BCUT2D eigenvalue weighted by Crippen LogP contribution is 2.32. The van der Waals surface area contributed by atoms with E-state index in [-0.39, 0.29) is 36.7 Å². The summed E-state index contributed by atoms with van der Waals surface area (Å²) in [5, 5.41) is 11.4. The highest BCUT2D eigenvalue weighted by atomic mass is 79.9. The first-order chi connectivity index (χ1) is 11.3. The number of methoxy groups -OCH3 is 1. The fraction of sp³-hybridized carbons (Fsp3) is 0.286. The van der Waals surface area contributed by atoms with Gasteiger partial charge in [-0.15, -0.1) is 0 Å². The van der Waals surface area contributed by atoms with Gasteiger partial charge >= 0.3 is 5.97 Å². The number of benzene rings is 1. The zero-order valence-corrected chi connectivity index (χ0v) is 13.9. The number of carbonyl (C=O) groups is 2. The molecule has 1 aromatic rings. The molecule has 10 heteroatoms. The Morgan fingerprint density at radius 2 is 2.08 bits per heavy atom. The van der Waals surface area contributed by atoms with E-state index in [1.807, 2.05) is 0 Å². The molecule has 24 heavy (non-hydrogen) atoms. The van der Waals surface area contributed by atoms with Gasteiger partial charge in [0.15, 0.2) is 17.5 Å². The SMILES string of the molecule is COC(=O)C1=C(Nc2cc(F)c(F)c(F)c2Br)C(=O)N(CCO)C1. The molecule has 0 unspecified atom stereocenters. The standard InChI is InChI=1S/C14H12BrF3N2O4/c1-24-14(23)6-5-20(2-3-21)13(22)12(6)19-8-4-7(16)10(17)11(18)9(8)15/h4,19,21H,2-3,5H2,1H3. The zero-order chi connectivity index (χ0) is 18.0. The van der Waals surface area contributed by atoms with E-state index >= 15 is 0 Å². The van der Waals surface area contributed by atoms with Gasteiger partial charge in [0.25, 0.3) is 5.91 Å². The lowest BCUT2D eigenvalue weighted by molar-refractivity contribution is -0.136. The molecular weight excluding hydrogens is 397 g/mol. The Bertz CT molecular complexity index is 739. The fourth-order valence-corrected chi connectivity index (χ4v) is 2.54. The van der Waals surface area contributed by atoms with E-state index in [1.54, 1.807) is 0 Å². The number of ether oxygens (including phenoxy) is 1. The zero-order valence-electron chi connectivity index (χ0n) is 12.3. The number of carbonyl (C=O) groups excluding carboxylic acids is 2. The second kappa shape index (κ2) is 7.22. The van der Waals surface area contributed by atoms with E-state index in [9.17, 15) is 22.8 Å². The second-order valence-corrected chi connectivity index (χ2v) is 5.56. The van der Waals surface area contributed by atoms with Gasteiger partial charge in [-0.25, -0.2) is 18.0 Å². The number of nitrogens with one attached hydrogen (secondary N) is 1. The van der Waals surface area contributed by atoms with Crippen molar-refractivity contribution in [3.8, 4) is 0 Å². The molecule has 2 rings (SSSR count). The molecule has 1 amide bonds. The summed E-state index contributed by atoms with van der Waals surface area (Å²) in [6.45, 7) is -0.521. The van der Waals surface area contributed by atoms with Crippen molar-refractivity contribution in [2.75, 3.05) is 32.1 Å². The molecule has 0 spiro atoms. The summed E-state index contributed by atoms with van der Waals surface area (Å²) in [5.41, 5.74) is -0.614. The van der Waals surface area contributed by atoms with Crippen LogP contribution in [-0.2, 0) is 14.3 Å². The van der Waals surface area contributed by atoms with Crippen LogP contribution in [-0.4, -0.2) is 48.7 Å². The average Bonchev–Trinajstić information content (AvgIpc) is 2.87. The number of hydrogen-bond acceptors (Lipinski definition) is 5. The predicted octanol–water partition coefficient (Wildman–Crippen LogP) is 1.54. The Morgan fingerprint density at radius 3 is 2.67 bits per heavy atom. The van der Waals surface area contributed by atoms with Gasteiger partial charge in [-0.2, -0.15) is 0 Å². The molecule has 0 aliphatic carbocycles. The minimum Gasteiger partial charge on any atom is -0.466 e. The van der Waals surface area contributed by atoms with Crippen molar-refractivity contribution in [1.29, 1.82) is 0 Å². The topological polar surface area (TPSA) is 78.9 Å². The number of aliphatic hydroxyl groups is 1. The van der Waals surface area contributed by atoms with Crippen LogP contribution in [0.1, 0.15) is 0 Å². The molecule has 0 bridgehead atoms. The van der Waals surface area contributed by atoms with Crippen LogP contribution >= 0.6 is 15.9 Å². The maximum absolute atomic E-state index is 13.6. The van der Waals surface area contributed by atoms with Gasteiger partial charge in [-0.3, -0.25) is 4.79 Å². The highest BCUT2D eigenvalue weighted by molar-refractivity contribution is 9.10. The largest absolute Gasteiger partial charge is 0.466 e. The molecule has 6 nitrogen and oxygen atoms in total. The predicted molar refractivity (Wildman–Crippen MR) is 80.3 cm³/mol. The summed E-state index contributed by atoms with van der Waals surface area (Å²) in [7, 11) is 1.11. The molecule has 0 fully saturated rings. The molecule has 1 heterocycles. The van der Waals surface area contributed by atoms with Crippen LogP contribution in [0.15, 0.2) is 21.8 Å². The van der Waals surface area contributed by atoms with Crippen molar-refractivity contribution >= 4 is 33.5 Å². The van der Waals surface area contributed by atoms with Crippen molar-refractivity contribution in [3.05, 3.63) is 39.3 Å². The Kier molecular flexibility index (Phi) is 5.50. The van der Waals surface area contributed by atoms with Gasteiger partial charge in [-0.1, -0.05) is 0 Å². The van der Waals surface area contributed by atoms with Gasteiger partial charge in [0, 0.05) is 12.6 Å². The van der Waals surface area contributed by atoms with Crippen molar-refractivity contribution in [3.63, 3.8) is 0 Å². The van der Waals surface area contributed by atoms with Crippen LogP contribution in [0.3, 0.4) is 0 Å². The Morgan fingerprint density at radius 1 is 1.42 bits per heavy atom. The van der Waals surface area contributed by atoms with E-state index in [0.29, 0.717) is 6.07 Å².